The molecule has 43 heavy (non-hydrogen) atoms. The Hall–Kier alpha value is -4.38. The summed E-state index contributed by atoms with van der Waals surface area (Å²) in [7, 11) is -3.48. The van der Waals surface area contributed by atoms with Crippen LogP contribution in [-0.4, -0.2) is 114 Å². The van der Waals surface area contributed by atoms with Gasteiger partial charge >= 0.3 is 23.9 Å². The molecule has 2 aromatic rings. The van der Waals surface area contributed by atoms with E-state index in [1.807, 2.05) is 39.0 Å². The number of carboxylic acids is 4. The van der Waals surface area contributed by atoms with Gasteiger partial charge in [0, 0.05) is 45.0 Å². The molecule has 6 N–H and O–H groups in total. The van der Waals surface area contributed by atoms with E-state index in [1.54, 1.807) is 24.3 Å². The van der Waals surface area contributed by atoms with Crippen LogP contribution in [0.25, 0.3) is 0 Å². The first kappa shape index (κ1) is 36.6. The van der Waals surface area contributed by atoms with Crippen molar-refractivity contribution in [2.24, 2.45) is 0 Å². The van der Waals surface area contributed by atoms with Gasteiger partial charge in [0.1, 0.15) is 0 Å². The molecule has 0 unspecified atom stereocenters. The van der Waals surface area contributed by atoms with Crippen LogP contribution in [0.2, 0.25) is 0 Å². The lowest BCUT2D eigenvalue weighted by molar-refractivity contribution is -0.159. The lowest BCUT2D eigenvalue weighted by atomic mass is 10.1. The van der Waals surface area contributed by atoms with Crippen LogP contribution < -0.4 is 10.0 Å². The Morgan fingerprint density at radius 3 is 1.60 bits per heavy atom. The molecule has 0 saturated carbocycles. The number of aliphatic carboxylic acids is 4. The van der Waals surface area contributed by atoms with Gasteiger partial charge in [-0.15, -0.1) is 0 Å². The summed E-state index contributed by atoms with van der Waals surface area (Å²) in [5, 5.41) is 32.6. The van der Waals surface area contributed by atoms with E-state index in [9.17, 15) is 13.2 Å². The third-order valence-electron chi connectivity index (χ3n) is 5.99. The number of carbonyl (C=O) groups excluding carboxylic acids is 1. The topological polar surface area (TPSA) is 231 Å². The molecule has 0 bridgehead atoms. The summed E-state index contributed by atoms with van der Waals surface area (Å²) in [6.45, 7) is 10.5. The second-order valence-electron chi connectivity index (χ2n) is 9.36. The number of nitrogens with zero attached hydrogens (tertiary/aromatic N) is 2. The average molecular weight is 625 g/mol. The van der Waals surface area contributed by atoms with Crippen molar-refractivity contribution < 1.29 is 52.8 Å². The van der Waals surface area contributed by atoms with E-state index in [1.165, 1.54) is 0 Å². The van der Waals surface area contributed by atoms with Crippen molar-refractivity contribution >= 4 is 45.5 Å². The van der Waals surface area contributed by atoms with Crippen LogP contribution in [0.4, 0.5) is 5.69 Å². The molecule has 3 rings (SSSR count). The molecule has 1 aliphatic rings. The van der Waals surface area contributed by atoms with Gasteiger partial charge in [0.25, 0.3) is 0 Å². The van der Waals surface area contributed by atoms with E-state index in [-0.39, 0.29) is 10.8 Å². The first-order valence-electron chi connectivity index (χ1n) is 12.8. The van der Waals surface area contributed by atoms with Crippen LogP contribution in [0, 0.1) is 20.8 Å². The number of amides is 1. The smallest absolute Gasteiger partial charge is 0.414 e. The predicted molar refractivity (Wildman–Crippen MR) is 154 cm³/mol. The van der Waals surface area contributed by atoms with E-state index < -0.39 is 33.9 Å². The number of benzene rings is 2. The minimum absolute atomic E-state index is 0.00305. The molecule has 15 nitrogen and oxygen atoms in total. The van der Waals surface area contributed by atoms with Gasteiger partial charge in [0.2, 0.25) is 15.9 Å². The Labute approximate surface area is 248 Å². The van der Waals surface area contributed by atoms with Gasteiger partial charge in [-0.2, -0.15) is 0 Å². The molecular formula is C27H36N4O11S. The zero-order valence-corrected chi connectivity index (χ0v) is 24.8. The lowest BCUT2D eigenvalue weighted by Crippen LogP contribution is -2.50. The average Bonchev–Trinajstić information content (AvgIpc) is 2.92. The van der Waals surface area contributed by atoms with E-state index in [0.717, 1.165) is 48.6 Å². The highest BCUT2D eigenvalue weighted by Crippen LogP contribution is 2.19. The molecule has 1 amide bonds. The van der Waals surface area contributed by atoms with E-state index in [2.05, 4.69) is 19.8 Å². The zero-order chi connectivity index (χ0) is 32.7. The second-order valence-corrected chi connectivity index (χ2v) is 11.1. The van der Waals surface area contributed by atoms with Crippen LogP contribution in [0.5, 0.6) is 0 Å². The number of para-hydroxylation sites is 1. The molecule has 2 aromatic carbocycles. The highest BCUT2D eigenvalue weighted by atomic mass is 32.2. The molecule has 1 saturated heterocycles. The number of hydrogen-bond acceptors (Lipinski definition) is 9. The van der Waals surface area contributed by atoms with Gasteiger partial charge in [-0.3, -0.25) is 14.6 Å². The number of carbonyl (C=O) groups is 5. The summed E-state index contributed by atoms with van der Waals surface area (Å²) >= 11 is 0. The van der Waals surface area contributed by atoms with Gasteiger partial charge in [-0.05, 0) is 44.0 Å². The Bertz CT molecular complexity index is 1320. The fourth-order valence-electron chi connectivity index (χ4n) is 3.70. The number of aryl methyl sites for hydroxylation is 3. The highest BCUT2D eigenvalue weighted by Gasteiger charge is 2.20. The number of anilines is 1. The fourth-order valence-corrected chi connectivity index (χ4v) is 4.72. The van der Waals surface area contributed by atoms with Gasteiger partial charge in [-0.1, -0.05) is 35.9 Å². The quantitative estimate of drug-likeness (QED) is 0.219. The van der Waals surface area contributed by atoms with Crippen LogP contribution in [0.1, 0.15) is 16.7 Å². The minimum atomic E-state index is -3.48. The number of piperazine rings is 1. The van der Waals surface area contributed by atoms with Crippen LogP contribution in [0.3, 0.4) is 0 Å². The molecule has 1 heterocycles. The van der Waals surface area contributed by atoms with Crippen LogP contribution in [0.15, 0.2) is 47.4 Å². The Balaban J connectivity index is 0.000000649. The summed E-state index contributed by atoms with van der Waals surface area (Å²) in [5.74, 6) is -7.30. The van der Waals surface area contributed by atoms with Crippen molar-refractivity contribution in [3.63, 3.8) is 0 Å². The van der Waals surface area contributed by atoms with Crippen molar-refractivity contribution in [1.82, 2.24) is 14.5 Å². The Morgan fingerprint density at radius 2 is 1.16 bits per heavy atom. The van der Waals surface area contributed by atoms with Crippen LogP contribution >= 0.6 is 0 Å². The minimum Gasteiger partial charge on any atom is -0.473 e. The number of carboxylic acid groups (broad SMARTS) is 4. The SMILES string of the molecule is Cc1ccc(S(=O)(=O)NCCN2CCN(CC(=O)Nc3c(C)cccc3C)CC2)cc1.O=C(O)C(=O)O.O=C(O)C(=O)O. The predicted octanol–water partition coefficient (Wildman–Crippen LogP) is 0.458. The normalized spacial score (nSPS) is 13.4. The molecular weight excluding hydrogens is 588 g/mol. The van der Waals surface area contributed by atoms with Crippen molar-refractivity contribution in [3.05, 3.63) is 59.2 Å². The Kier molecular flexibility index (Phi) is 15.0. The number of hydrogen-bond donors (Lipinski definition) is 6. The van der Waals surface area contributed by atoms with Crippen molar-refractivity contribution in [3.8, 4) is 0 Å². The second kappa shape index (κ2) is 17.5. The lowest BCUT2D eigenvalue weighted by Gasteiger charge is -2.34. The summed E-state index contributed by atoms with van der Waals surface area (Å²) < 4.78 is 27.4. The van der Waals surface area contributed by atoms with Crippen LogP contribution in [-0.2, 0) is 34.0 Å². The summed E-state index contributed by atoms with van der Waals surface area (Å²) in [6, 6.07) is 12.8. The molecule has 16 heteroatoms. The molecule has 0 aromatic heterocycles. The van der Waals surface area contributed by atoms with Crippen molar-refractivity contribution in [2.75, 3.05) is 51.1 Å². The highest BCUT2D eigenvalue weighted by molar-refractivity contribution is 7.89. The maximum atomic E-state index is 12.5. The summed E-state index contributed by atoms with van der Waals surface area (Å²) in [6.07, 6.45) is 0. The van der Waals surface area contributed by atoms with Gasteiger partial charge in [-0.25, -0.2) is 32.3 Å². The standard InChI is InChI=1S/C23H32N4O3S.2C2H2O4/c1-18-7-9-21(10-8-18)31(29,30)24-11-12-26-13-15-27(16-14-26)17-22(28)25-23-19(2)5-4-6-20(23)3;2*3-1(4)2(5)6/h4-10,24H,11-17H2,1-3H3,(H,25,28);2*(H,3,4)(H,5,6). The summed E-state index contributed by atoms with van der Waals surface area (Å²) in [5.41, 5.74) is 4.05. The van der Waals surface area contributed by atoms with Crippen molar-refractivity contribution in [1.29, 1.82) is 0 Å². The molecule has 0 spiro atoms. The molecule has 0 aliphatic carbocycles. The fraction of sp³-hybridized carbons (Fsp3) is 0.370. The monoisotopic (exact) mass is 624 g/mol. The number of sulfonamides is 1. The first-order valence-corrected chi connectivity index (χ1v) is 14.3. The maximum Gasteiger partial charge on any atom is 0.414 e. The molecule has 236 valence electrons. The molecule has 1 fully saturated rings. The summed E-state index contributed by atoms with van der Waals surface area (Å²) in [4.78, 5) is 53.5. The molecule has 1 aliphatic heterocycles. The zero-order valence-electron chi connectivity index (χ0n) is 23.9. The van der Waals surface area contributed by atoms with E-state index in [4.69, 9.17) is 39.6 Å². The van der Waals surface area contributed by atoms with Gasteiger partial charge in [0.05, 0.1) is 11.4 Å². The molecule has 0 atom stereocenters. The number of nitrogens with one attached hydrogen (secondary N) is 2. The van der Waals surface area contributed by atoms with Gasteiger partial charge < -0.3 is 25.7 Å². The maximum absolute atomic E-state index is 12.5. The first-order chi connectivity index (χ1) is 20.0. The molecule has 0 radical (unpaired) electrons. The Morgan fingerprint density at radius 1 is 0.721 bits per heavy atom. The number of rotatable bonds is 8. The van der Waals surface area contributed by atoms with E-state index in [0.29, 0.717) is 19.6 Å². The van der Waals surface area contributed by atoms with Crippen molar-refractivity contribution in [2.45, 2.75) is 25.7 Å². The third-order valence-corrected chi connectivity index (χ3v) is 7.47. The van der Waals surface area contributed by atoms with E-state index >= 15 is 0 Å². The van der Waals surface area contributed by atoms with Gasteiger partial charge in [0.15, 0.2) is 0 Å². The third kappa shape index (κ3) is 13.9. The largest absolute Gasteiger partial charge is 0.473 e.